The van der Waals surface area contributed by atoms with Crippen molar-refractivity contribution in [2.45, 2.75) is 24.7 Å². The molecule has 0 aromatic rings. The summed E-state index contributed by atoms with van der Waals surface area (Å²) in [5, 5.41) is 0. The monoisotopic (exact) mass is 198 g/mol. The molecule has 13 heavy (non-hydrogen) atoms. The van der Waals surface area contributed by atoms with E-state index in [-0.39, 0.29) is 6.10 Å². The van der Waals surface area contributed by atoms with Crippen molar-refractivity contribution >= 4 is 11.6 Å². The van der Waals surface area contributed by atoms with Gasteiger partial charge < -0.3 is 9.47 Å². The fourth-order valence-corrected chi connectivity index (χ4v) is 1.77. The molecular weight excluding hydrogens is 188 g/mol. The smallest absolute Gasteiger partial charge is 0.280 e. The van der Waals surface area contributed by atoms with Crippen LogP contribution in [0.15, 0.2) is 36.1 Å². The molecule has 0 aromatic heterocycles. The third-order valence-electron chi connectivity index (χ3n) is 2.15. The third kappa shape index (κ3) is 1.79. The summed E-state index contributed by atoms with van der Waals surface area (Å²) in [5.41, 5.74) is 1.30. The fraction of sp³-hybridized carbons (Fsp3) is 0.400. The topological polar surface area (TPSA) is 18.5 Å². The summed E-state index contributed by atoms with van der Waals surface area (Å²) < 4.78 is 10.6. The molecule has 1 aliphatic heterocycles. The van der Waals surface area contributed by atoms with Crippen LogP contribution in [0.5, 0.6) is 0 Å². The fourth-order valence-electron chi connectivity index (χ4n) is 1.55. The van der Waals surface area contributed by atoms with E-state index in [0.29, 0.717) is 0 Å². The lowest BCUT2D eigenvalue weighted by Gasteiger charge is -2.14. The average molecular weight is 199 g/mol. The van der Waals surface area contributed by atoms with Crippen LogP contribution in [0, 0.1) is 0 Å². The molecule has 2 rings (SSSR count). The Morgan fingerprint density at radius 1 is 1.62 bits per heavy atom. The van der Waals surface area contributed by atoms with Crippen LogP contribution in [0.3, 0.4) is 0 Å². The number of halogens is 1. The number of alkyl halides is 1. The van der Waals surface area contributed by atoms with E-state index in [1.807, 2.05) is 18.2 Å². The van der Waals surface area contributed by atoms with E-state index in [4.69, 9.17) is 21.1 Å². The van der Waals surface area contributed by atoms with Gasteiger partial charge in [0.25, 0.3) is 5.75 Å². The Morgan fingerprint density at radius 2 is 2.46 bits per heavy atom. The first-order valence-electron chi connectivity index (χ1n) is 4.26. The van der Waals surface area contributed by atoms with Crippen molar-refractivity contribution in [1.82, 2.24) is 0 Å². The van der Waals surface area contributed by atoms with Gasteiger partial charge in [0.05, 0.1) is 0 Å². The summed E-state index contributed by atoms with van der Waals surface area (Å²) in [4.78, 5) is 0. The van der Waals surface area contributed by atoms with Gasteiger partial charge in [0, 0.05) is 6.42 Å². The predicted molar refractivity (Wildman–Crippen MR) is 51.2 cm³/mol. The van der Waals surface area contributed by atoms with Gasteiger partial charge in [-0.15, -0.1) is 6.58 Å². The quantitative estimate of drug-likeness (QED) is 0.502. The molecule has 2 aliphatic rings. The number of hydrogen-bond donors (Lipinski definition) is 0. The summed E-state index contributed by atoms with van der Waals surface area (Å²) in [6, 6.07) is 0. The lowest BCUT2D eigenvalue weighted by atomic mass is 9.99. The van der Waals surface area contributed by atoms with E-state index in [0.717, 1.165) is 18.6 Å². The molecule has 0 saturated carbocycles. The first-order chi connectivity index (χ1) is 6.29. The van der Waals surface area contributed by atoms with Crippen LogP contribution in [0.1, 0.15) is 12.8 Å². The highest BCUT2D eigenvalue weighted by Gasteiger charge is 2.32. The van der Waals surface area contributed by atoms with E-state index in [1.165, 1.54) is 5.57 Å². The summed E-state index contributed by atoms with van der Waals surface area (Å²) in [7, 11) is 0. The van der Waals surface area contributed by atoms with Crippen molar-refractivity contribution in [3.8, 4) is 0 Å². The van der Waals surface area contributed by atoms with Gasteiger partial charge in [-0.3, -0.25) is 0 Å². The molecule has 0 radical (unpaired) electrons. The molecule has 1 heterocycles. The van der Waals surface area contributed by atoms with Crippen LogP contribution in [-0.4, -0.2) is 11.9 Å². The van der Waals surface area contributed by atoms with Gasteiger partial charge in [0.2, 0.25) is 0 Å². The molecule has 0 N–H and O–H groups in total. The zero-order chi connectivity index (χ0) is 9.26. The van der Waals surface area contributed by atoms with E-state index >= 15 is 0 Å². The molecule has 70 valence electrons. The number of fused-ring (bicyclic) bond motifs is 1. The Labute approximate surface area is 82.5 Å². The van der Waals surface area contributed by atoms with E-state index in [9.17, 15) is 0 Å². The normalized spacial score (nSPS) is 31.5. The molecule has 0 amide bonds. The lowest BCUT2D eigenvalue weighted by molar-refractivity contribution is 0.0122. The summed E-state index contributed by atoms with van der Waals surface area (Å²) in [6.45, 7) is 3.70. The standard InChI is InChI=1S/C10H11ClO2/c1-2-3-7-4-5-8-9(6-7)13-10(11)12-8/h2,4-5,9-10H,1,3,6H2. The third-order valence-corrected chi connectivity index (χ3v) is 2.35. The van der Waals surface area contributed by atoms with Crippen molar-refractivity contribution < 1.29 is 9.47 Å². The number of rotatable bonds is 2. The maximum atomic E-state index is 5.68. The van der Waals surface area contributed by atoms with Crippen molar-refractivity contribution in [3.63, 3.8) is 0 Å². The highest BCUT2D eigenvalue weighted by molar-refractivity contribution is 6.19. The minimum atomic E-state index is -0.618. The molecule has 2 nitrogen and oxygen atoms in total. The number of hydrogen-bond acceptors (Lipinski definition) is 2. The van der Waals surface area contributed by atoms with Gasteiger partial charge in [-0.1, -0.05) is 17.7 Å². The number of allylic oxidation sites excluding steroid dienone is 3. The van der Waals surface area contributed by atoms with Crippen molar-refractivity contribution in [1.29, 1.82) is 0 Å². The zero-order valence-electron chi connectivity index (χ0n) is 7.20. The molecule has 3 heteroatoms. The molecule has 2 unspecified atom stereocenters. The van der Waals surface area contributed by atoms with Crippen molar-refractivity contribution in [3.05, 3.63) is 36.1 Å². The number of ether oxygens (including phenoxy) is 2. The van der Waals surface area contributed by atoms with E-state index < -0.39 is 5.75 Å². The lowest BCUT2D eigenvalue weighted by Crippen LogP contribution is -2.12. The van der Waals surface area contributed by atoms with Gasteiger partial charge in [-0.05, 0) is 24.1 Å². The highest BCUT2D eigenvalue weighted by Crippen LogP contribution is 2.33. The van der Waals surface area contributed by atoms with Gasteiger partial charge in [-0.25, -0.2) is 0 Å². The second kappa shape index (κ2) is 3.56. The Morgan fingerprint density at radius 3 is 3.23 bits per heavy atom. The van der Waals surface area contributed by atoms with E-state index in [2.05, 4.69) is 6.58 Å². The van der Waals surface area contributed by atoms with Crippen molar-refractivity contribution in [2.24, 2.45) is 0 Å². The Hall–Kier alpha value is -0.730. The van der Waals surface area contributed by atoms with Gasteiger partial charge in [0.1, 0.15) is 11.9 Å². The highest BCUT2D eigenvalue weighted by atomic mass is 35.5. The molecule has 2 atom stereocenters. The van der Waals surface area contributed by atoms with Crippen LogP contribution < -0.4 is 0 Å². The maximum Gasteiger partial charge on any atom is 0.280 e. The van der Waals surface area contributed by atoms with Crippen LogP contribution in [-0.2, 0) is 9.47 Å². The van der Waals surface area contributed by atoms with Crippen LogP contribution in [0.25, 0.3) is 0 Å². The SMILES string of the molecule is C=CCC1=CC=C2OC(Cl)OC2C1. The Balaban J connectivity index is 2.08. The molecule has 0 aromatic carbocycles. The first kappa shape index (κ1) is 8.85. The van der Waals surface area contributed by atoms with Crippen LogP contribution >= 0.6 is 11.6 Å². The zero-order valence-corrected chi connectivity index (χ0v) is 7.96. The predicted octanol–water partition coefficient (Wildman–Crippen LogP) is 2.71. The molecule has 1 aliphatic carbocycles. The van der Waals surface area contributed by atoms with Gasteiger partial charge in [0.15, 0.2) is 0 Å². The molecule has 0 bridgehead atoms. The summed E-state index contributed by atoms with van der Waals surface area (Å²) >= 11 is 5.68. The molecule has 0 spiro atoms. The summed E-state index contributed by atoms with van der Waals surface area (Å²) in [5.74, 6) is 0.223. The van der Waals surface area contributed by atoms with Crippen LogP contribution in [0.4, 0.5) is 0 Å². The van der Waals surface area contributed by atoms with E-state index in [1.54, 1.807) is 0 Å². The second-order valence-corrected chi connectivity index (χ2v) is 3.46. The maximum absolute atomic E-state index is 5.68. The molecule has 1 saturated heterocycles. The largest absolute Gasteiger partial charge is 0.452 e. The average Bonchev–Trinajstić information content (AvgIpc) is 2.44. The molecule has 1 fully saturated rings. The second-order valence-electron chi connectivity index (χ2n) is 3.11. The first-order valence-corrected chi connectivity index (χ1v) is 4.70. The van der Waals surface area contributed by atoms with Gasteiger partial charge >= 0.3 is 0 Å². The minimum Gasteiger partial charge on any atom is -0.452 e. The minimum absolute atomic E-state index is 0.0162. The Bertz CT molecular complexity index is 281. The Kier molecular flexibility index (Phi) is 2.42. The van der Waals surface area contributed by atoms with Crippen molar-refractivity contribution in [2.75, 3.05) is 0 Å². The van der Waals surface area contributed by atoms with Crippen LogP contribution in [0.2, 0.25) is 0 Å². The molecular formula is C10H11ClO2. The summed E-state index contributed by atoms with van der Waals surface area (Å²) in [6.07, 6.45) is 7.64. The van der Waals surface area contributed by atoms with Gasteiger partial charge in [-0.2, -0.15) is 0 Å².